The maximum Gasteiger partial charge on any atom is 0.268 e. The van der Waals surface area contributed by atoms with Crippen LogP contribution < -0.4 is 9.30 Å². The highest BCUT2D eigenvalue weighted by molar-refractivity contribution is 6.09. The molecule has 7 rings (SSSR count). The molecule has 0 bridgehead atoms. The van der Waals surface area contributed by atoms with E-state index in [0.717, 1.165) is 45.1 Å². The van der Waals surface area contributed by atoms with Crippen molar-refractivity contribution < 1.29 is 9.30 Å². The standard InChI is InChI=1S/C39H36N4O/c1-26-20-28(3)36(21-27(26)2)42-19-18-41(25-42)30-10-9-11-31(23-30)44-32-14-15-34-33-12-7-8-13-35(33)43(37(34)24-32)38-22-29(16-17-40-38)39(4,5)6/h7-24H,1-6H3. The first-order valence-electron chi connectivity index (χ1n) is 15.0. The minimum atomic E-state index is 0.0179. The zero-order chi connectivity index (χ0) is 30.6. The van der Waals surface area contributed by atoms with Gasteiger partial charge >= 0.3 is 0 Å². The summed E-state index contributed by atoms with van der Waals surface area (Å²) in [6.07, 6.45) is 9.45. The number of hydrogen-bond acceptors (Lipinski definition) is 2. The van der Waals surface area contributed by atoms with Crippen LogP contribution in [0.5, 0.6) is 11.5 Å². The van der Waals surface area contributed by atoms with Crippen LogP contribution in [0.2, 0.25) is 0 Å². The van der Waals surface area contributed by atoms with Gasteiger partial charge in [-0.3, -0.25) is 13.7 Å². The molecule has 3 aromatic heterocycles. The Morgan fingerprint density at radius 1 is 0.727 bits per heavy atom. The molecule has 0 amide bonds. The highest BCUT2D eigenvalue weighted by atomic mass is 16.5. The van der Waals surface area contributed by atoms with Gasteiger partial charge in [-0.15, -0.1) is 0 Å². The zero-order valence-electron chi connectivity index (χ0n) is 26.1. The third kappa shape index (κ3) is 4.94. The molecule has 0 aliphatic carbocycles. The Balaban J connectivity index is 1.25. The van der Waals surface area contributed by atoms with Gasteiger partial charge in [0.15, 0.2) is 0 Å². The lowest BCUT2D eigenvalue weighted by Crippen LogP contribution is -2.29. The molecule has 0 spiro atoms. The molecule has 3 heterocycles. The van der Waals surface area contributed by atoms with Crippen LogP contribution in [0.25, 0.3) is 39.0 Å². The molecule has 0 N–H and O–H groups in total. The van der Waals surface area contributed by atoms with Crippen molar-refractivity contribution >= 4 is 21.8 Å². The smallest absolute Gasteiger partial charge is 0.268 e. The molecular formula is C39H36N4O. The molecule has 5 heteroatoms. The first-order valence-corrected chi connectivity index (χ1v) is 15.0. The predicted molar refractivity (Wildman–Crippen MR) is 178 cm³/mol. The van der Waals surface area contributed by atoms with Gasteiger partial charge < -0.3 is 4.74 Å². The number of ether oxygens (including phenoxy) is 1. The van der Waals surface area contributed by atoms with Crippen molar-refractivity contribution in [2.24, 2.45) is 0 Å². The number of para-hydroxylation sites is 1. The number of benzene rings is 4. The average molecular weight is 577 g/mol. The van der Waals surface area contributed by atoms with Crippen molar-refractivity contribution in [2.75, 3.05) is 0 Å². The highest BCUT2D eigenvalue weighted by Gasteiger charge is 2.18. The van der Waals surface area contributed by atoms with Gasteiger partial charge in [0.2, 0.25) is 0 Å². The molecule has 0 saturated heterocycles. The van der Waals surface area contributed by atoms with Crippen LogP contribution in [0.4, 0.5) is 0 Å². The van der Waals surface area contributed by atoms with Gasteiger partial charge in [-0.1, -0.05) is 56.7 Å². The molecule has 0 radical (unpaired) electrons. The minimum Gasteiger partial charge on any atom is -0.458 e. The summed E-state index contributed by atoms with van der Waals surface area (Å²) in [5.74, 6) is 2.43. The van der Waals surface area contributed by atoms with Crippen molar-refractivity contribution in [3.05, 3.63) is 138 Å². The van der Waals surface area contributed by atoms with Gasteiger partial charge in [0.1, 0.15) is 17.3 Å². The Kier molecular flexibility index (Phi) is 6.62. The lowest BCUT2D eigenvalue weighted by molar-refractivity contribution is -0.599. The number of aromatic nitrogens is 4. The Hall–Kier alpha value is -5.16. The van der Waals surface area contributed by atoms with E-state index >= 15 is 0 Å². The summed E-state index contributed by atoms with van der Waals surface area (Å²) in [4.78, 5) is 4.81. The van der Waals surface area contributed by atoms with Crippen LogP contribution in [-0.2, 0) is 5.41 Å². The third-order valence-corrected chi connectivity index (χ3v) is 8.47. The lowest BCUT2D eigenvalue weighted by atomic mass is 9.88. The van der Waals surface area contributed by atoms with E-state index in [1.165, 1.54) is 27.6 Å². The maximum absolute atomic E-state index is 6.49. The average Bonchev–Trinajstić information content (AvgIpc) is 3.62. The number of imidazole rings is 1. The lowest BCUT2D eigenvalue weighted by Gasteiger charge is -2.20. The zero-order valence-corrected chi connectivity index (χ0v) is 26.1. The van der Waals surface area contributed by atoms with E-state index in [1.54, 1.807) is 0 Å². The van der Waals surface area contributed by atoms with Crippen molar-refractivity contribution in [2.45, 2.75) is 47.0 Å². The van der Waals surface area contributed by atoms with E-state index in [4.69, 9.17) is 9.72 Å². The fraction of sp³-hybridized carbons (Fsp3) is 0.179. The summed E-state index contributed by atoms with van der Waals surface area (Å²) >= 11 is 0. The van der Waals surface area contributed by atoms with Crippen molar-refractivity contribution in [3.8, 4) is 28.7 Å². The largest absolute Gasteiger partial charge is 0.458 e. The van der Waals surface area contributed by atoms with Crippen LogP contribution in [0.1, 0.15) is 43.0 Å². The Morgan fingerprint density at radius 3 is 2.34 bits per heavy atom. The van der Waals surface area contributed by atoms with Gasteiger partial charge in [-0.2, -0.15) is 0 Å². The van der Waals surface area contributed by atoms with Gasteiger partial charge in [-0.05, 0) is 97.5 Å². The number of aryl methyl sites for hydroxylation is 3. The Morgan fingerprint density at radius 2 is 1.50 bits per heavy atom. The van der Waals surface area contributed by atoms with Crippen molar-refractivity contribution in [3.63, 3.8) is 0 Å². The summed E-state index contributed by atoms with van der Waals surface area (Å²) in [6.45, 7) is 13.1. The van der Waals surface area contributed by atoms with Crippen LogP contribution in [0.3, 0.4) is 0 Å². The third-order valence-electron chi connectivity index (χ3n) is 8.47. The topological polar surface area (TPSA) is 35.9 Å². The fourth-order valence-electron chi connectivity index (χ4n) is 5.90. The van der Waals surface area contributed by atoms with Crippen LogP contribution in [0.15, 0.2) is 110 Å². The molecule has 218 valence electrons. The van der Waals surface area contributed by atoms with Gasteiger partial charge in [0.05, 0.1) is 22.4 Å². The van der Waals surface area contributed by atoms with Gasteiger partial charge in [0, 0.05) is 35.4 Å². The predicted octanol–water partition coefficient (Wildman–Crippen LogP) is 9.06. The number of nitrogens with zero attached hydrogens (tertiary/aromatic N) is 4. The number of fused-ring (bicyclic) bond motifs is 3. The highest BCUT2D eigenvalue weighted by Crippen LogP contribution is 2.36. The number of hydrogen-bond donors (Lipinski definition) is 0. The number of pyridine rings is 1. The summed E-state index contributed by atoms with van der Waals surface area (Å²) in [7, 11) is 0. The molecule has 0 unspecified atom stereocenters. The second-order valence-corrected chi connectivity index (χ2v) is 12.6. The van der Waals surface area contributed by atoms with E-state index < -0.39 is 0 Å². The fourth-order valence-corrected chi connectivity index (χ4v) is 5.90. The molecule has 4 aromatic carbocycles. The van der Waals surface area contributed by atoms with Crippen LogP contribution >= 0.6 is 0 Å². The van der Waals surface area contributed by atoms with E-state index in [2.05, 4.69) is 119 Å². The first kappa shape index (κ1) is 27.7. The van der Waals surface area contributed by atoms with Crippen molar-refractivity contribution in [1.29, 1.82) is 0 Å². The molecule has 0 fully saturated rings. The molecular weight excluding hydrogens is 540 g/mol. The molecule has 0 aliphatic heterocycles. The van der Waals surface area contributed by atoms with Gasteiger partial charge in [0.25, 0.3) is 6.33 Å². The van der Waals surface area contributed by atoms with Crippen LogP contribution in [0, 0.1) is 27.1 Å². The van der Waals surface area contributed by atoms with E-state index in [-0.39, 0.29) is 5.41 Å². The van der Waals surface area contributed by atoms with Crippen molar-refractivity contribution in [1.82, 2.24) is 14.1 Å². The molecule has 44 heavy (non-hydrogen) atoms. The Bertz CT molecular complexity index is 2180. The molecule has 7 aromatic rings. The second kappa shape index (κ2) is 10.5. The minimum absolute atomic E-state index is 0.0179. The summed E-state index contributed by atoms with van der Waals surface area (Å²) in [6, 6.07) is 31.7. The van der Waals surface area contributed by atoms with Gasteiger partial charge in [-0.25, -0.2) is 4.98 Å². The summed E-state index contributed by atoms with van der Waals surface area (Å²) in [5, 5.41) is 2.35. The van der Waals surface area contributed by atoms with E-state index in [1.807, 2.05) is 52.0 Å². The Labute approximate surface area is 258 Å². The summed E-state index contributed by atoms with van der Waals surface area (Å²) < 4.78 is 12.8. The normalized spacial score (nSPS) is 11.9. The second-order valence-electron chi connectivity index (χ2n) is 12.6. The SMILES string of the molecule is Cc1cc(C)c(-[n+]2[c-]n(-c3cccc(Oc4ccc5c6ccccc6n(-c6cc(C(C)(C)C)ccn6)c5c4)c3)cc2)cc1C. The van der Waals surface area contributed by atoms with Crippen LogP contribution in [-0.4, -0.2) is 14.1 Å². The maximum atomic E-state index is 6.49. The first-order chi connectivity index (χ1) is 21.2. The quantitative estimate of drug-likeness (QED) is 0.151. The summed E-state index contributed by atoms with van der Waals surface area (Å²) in [5.41, 5.74) is 9.33. The monoisotopic (exact) mass is 576 g/mol. The van der Waals surface area contributed by atoms with E-state index in [9.17, 15) is 0 Å². The van der Waals surface area contributed by atoms with E-state index in [0.29, 0.717) is 0 Å². The molecule has 0 atom stereocenters. The molecule has 0 saturated carbocycles. The molecule has 5 nitrogen and oxygen atoms in total. The number of rotatable bonds is 5. The molecule has 0 aliphatic rings.